The van der Waals surface area contributed by atoms with Crippen LogP contribution in [0.1, 0.15) is 62.6 Å². The van der Waals surface area contributed by atoms with Gasteiger partial charge in [-0.05, 0) is 24.1 Å². The second-order valence-electron chi connectivity index (χ2n) is 5.16. The number of nitrogens with two attached hydrogens (primary N) is 1. The lowest BCUT2D eigenvalue weighted by molar-refractivity contribution is -0.138. The van der Waals surface area contributed by atoms with Crippen LogP contribution in [0, 0.1) is 0 Å². The third-order valence-electron chi connectivity index (χ3n) is 3.50. The van der Waals surface area contributed by atoms with E-state index in [9.17, 15) is 13.2 Å². The summed E-state index contributed by atoms with van der Waals surface area (Å²) in [6, 6.07) is 4.02. The maximum Gasteiger partial charge on any atom is 0.417 e. The SMILES string of the molecule is CCCCCCCC(NN)c1ccc(Br)c(C(F)(F)F)c1. The number of benzene rings is 1. The van der Waals surface area contributed by atoms with Crippen LogP contribution < -0.4 is 11.3 Å². The minimum Gasteiger partial charge on any atom is -0.271 e. The van der Waals surface area contributed by atoms with Crippen molar-refractivity contribution in [3.63, 3.8) is 0 Å². The quantitative estimate of drug-likeness (QED) is 0.370. The van der Waals surface area contributed by atoms with E-state index in [1.807, 2.05) is 0 Å². The molecule has 1 unspecified atom stereocenters. The van der Waals surface area contributed by atoms with Gasteiger partial charge in [-0.1, -0.05) is 61.0 Å². The molecule has 0 aromatic heterocycles. The van der Waals surface area contributed by atoms with Crippen LogP contribution in [0.5, 0.6) is 0 Å². The minimum absolute atomic E-state index is 0.0532. The number of alkyl halides is 3. The summed E-state index contributed by atoms with van der Waals surface area (Å²) in [5.41, 5.74) is 2.54. The van der Waals surface area contributed by atoms with E-state index in [1.54, 1.807) is 6.07 Å². The van der Waals surface area contributed by atoms with Gasteiger partial charge in [-0.25, -0.2) is 0 Å². The van der Waals surface area contributed by atoms with E-state index in [1.165, 1.54) is 25.0 Å². The van der Waals surface area contributed by atoms with Gasteiger partial charge < -0.3 is 0 Å². The highest BCUT2D eigenvalue weighted by Crippen LogP contribution is 2.36. The Bertz CT molecular complexity index is 435. The van der Waals surface area contributed by atoms with Crippen molar-refractivity contribution in [3.05, 3.63) is 33.8 Å². The Kier molecular flexibility index (Phi) is 7.70. The Morgan fingerprint density at radius 3 is 2.43 bits per heavy atom. The highest BCUT2D eigenvalue weighted by atomic mass is 79.9. The van der Waals surface area contributed by atoms with Crippen molar-refractivity contribution < 1.29 is 13.2 Å². The summed E-state index contributed by atoms with van der Waals surface area (Å²) in [6.07, 6.45) is 1.91. The highest BCUT2D eigenvalue weighted by Gasteiger charge is 2.33. The summed E-state index contributed by atoms with van der Waals surface area (Å²) in [5, 5.41) is 0. The number of nitrogens with one attached hydrogen (secondary N) is 1. The molecule has 2 nitrogen and oxygen atoms in total. The second kappa shape index (κ2) is 8.76. The summed E-state index contributed by atoms with van der Waals surface area (Å²) in [6.45, 7) is 2.14. The molecule has 0 saturated carbocycles. The van der Waals surface area contributed by atoms with E-state index in [-0.39, 0.29) is 10.5 Å². The van der Waals surface area contributed by atoms with Gasteiger partial charge in [-0.15, -0.1) is 0 Å². The van der Waals surface area contributed by atoms with E-state index >= 15 is 0 Å². The first-order valence-corrected chi connectivity index (χ1v) is 8.02. The van der Waals surface area contributed by atoms with Crippen molar-refractivity contribution in [2.45, 2.75) is 57.7 Å². The normalized spacial score (nSPS) is 13.4. The van der Waals surface area contributed by atoms with Crippen molar-refractivity contribution in [1.82, 2.24) is 5.43 Å². The van der Waals surface area contributed by atoms with Gasteiger partial charge in [-0.3, -0.25) is 11.3 Å². The van der Waals surface area contributed by atoms with Crippen molar-refractivity contribution in [3.8, 4) is 0 Å². The van der Waals surface area contributed by atoms with Gasteiger partial charge in [0.15, 0.2) is 0 Å². The molecule has 0 aliphatic rings. The number of rotatable bonds is 8. The molecule has 1 aromatic carbocycles. The van der Waals surface area contributed by atoms with Crippen molar-refractivity contribution >= 4 is 15.9 Å². The topological polar surface area (TPSA) is 38.0 Å². The fourth-order valence-electron chi connectivity index (χ4n) is 2.28. The molecule has 0 spiro atoms. The van der Waals surface area contributed by atoms with Crippen LogP contribution in [0.3, 0.4) is 0 Å². The van der Waals surface area contributed by atoms with Gasteiger partial charge in [0.2, 0.25) is 0 Å². The molecule has 6 heteroatoms. The van der Waals surface area contributed by atoms with Gasteiger partial charge in [0.05, 0.1) is 5.56 Å². The van der Waals surface area contributed by atoms with Gasteiger partial charge in [0.1, 0.15) is 0 Å². The highest BCUT2D eigenvalue weighted by molar-refractivity contribution is 9.10. The number of hydrazine groups is 1. The lowest BCUT2D eigenvalue weighted by Gasteiger charge is -2.18. The zero-order chi connectivity index (χ0) is 15.9. The number of hydrogen-bond acceptors (Lipinski definition) is 2. The van der Waals surface area contributed by atoms with E-state index in [2.05, 4.69) is 28.3 Å². The second-order valence-corrected chi connectivity index (χ2v) is 6.01. The molecule has 21 heavy (non-hydrogen) atoms. The molecule has 0 aliphatic heterocycles. The van der Waals surface area contributed by atoms with Gasteiger partial charge in [-0.2, -0.15) is 13.2 Å². The molecule has 1 rings (SSSR count). The molecule has 120 valence electrons. The zero-order valence-electron chi connectivity index (χ0n) is 12.1. The summed E-state index contributed by atoms with van der Waals surface area (Å²) in [5.74, 6) is 5.50. The Balaban J connectivity index is 2.72. The average molecular weight is 367 g/mol. The summed E-state index contributed by atoms with van der Waals surface area (Å²) >= 11 is 2.95. The molecule has 3 N–H and O–H groups in total. The third kappa shape index (κ3) is 5.96. The molecule has 0 heterocycles. The van der Waals surface area contributed by atoms with Crippen LogP contribution in [0.15, 0.2) is 22.7 Å². The average Bonchev–Trinajstić information content (AvgIpc) is 2.42. The summed E-state index contributed by atoms with van der Waals surface area (Å²) < 4.78 is 38.8. The molecule has 1 atom stereocenters. The Morgan fingerprint density at radius 2 is 1.86 bits per heavy atom. The monoisotopic (exact) mass is 366 g/mol. The smallest absolute Gasteiger partial charge is 0.271 e. The van der Waals surface area contributed by atoms with Crippen molar-refractivity contribution in [1.29, 1.82) is 0 Å². The number of hydrogen-bond donors (Lipinski definition) is 2. The van der Waals surface area contributed by atoms with Gasteiger partial charge in [0, 0.05) is 10.5 Å². The first kappa shape index (κ1) is 18.5. The van der Waals surface area contributed by atoms with Crippen molar-refractivity contribution in [2.75, 3.05) is 0 Å². The van der Waals surface area contributed by atoms with Gasteiger partial charge in [0.25, 0.3) is 0 Å². The van der Waals surface area contributed by atoms with Gasteiger partial charge >= 0.3 is 6.18 Å². The molecule has 0 amide bonds. The molecule has 0 bridgehead atoms. The Labute approximate surface area is 132 Å². The minimum atomic E-state index is -4.37. The summed E-state index contributed by atoms with van der Waals surface area (Å²) in [7, 11) is 0. The fourth-order valence-corrected chi connectivity index (χ4v) is 2.75. The van der Waals surface area contributed by atoms with Crippen LogP contribution in [0.25, 0.3) is 0 Å². The molecular formula is C15H22BrF3N2. The van der Waals surface area contributed by atoms with Crippen LogP contribution >= 0.6 is 15.9 Å². The lowest BCUT2D eigenvalue weighted by Crippen LogP contribution is -2.28. The molecule has 0 aliphatic carbocycles. The predicted octanol–water partition coefficient (Wildman–Crippen LogP) is 5.33. The van der Waals surface area contributed by atoms with Crippen LogP contribution in [0.2, 0.25) is 0 Å². The number of unbranched alkanes of at least 4 members (excludes halogenated alkanes) is 4. The van der Waals surface area contributed by atoms with E-state index in [0.717, 1.165) is 25.7 Å². The fraction of sp³-hybridized carbons (Fsp3) is 0.600. The predicted molar refractivity (Wildman–Crippen MR) is 82.6 cm³/mol. The first-order chi connectivity index (χ1) is 9.90. The molecular weight excluding hydrogens is 345 g/mol. The van der Waals surface area contributed by atoms with E-state index in [4.69, 9.17) is 5.84 Å². The van der Waals surface area contributed by atoms with Crippen LogP contribution in [-0.2, 0) is 6.18 Å². The van der Waals surface area contributed by atoms with E-state index < -0.39 is 11.7 Å². The molecule has 1 aromatic rings. The number of halogens is 4. The largest absolute Gasteiger partial charge is 0.417 e. The summed E-state index contributed by atoms with van der Waals surface area (Å²) in [4.78, 5) is 0. The molecule has 0 saturated heterocycles. The Hall–Kier alpha value is -0.590. The first-order valence-electron chi connectivity index (χ1n) is 7.23. The maximum absolute atomic E-state index is 12.9. The zero-order valence-corrected chi connectivity index (χ0v) is 13.7. The van der Waals surface area contributed by atoms with Crippen LogP contribution in [-0.4, -0.2) is 0 Å². The van der Waals surface area contributed by atoms with E-state index in [0.29, 0.717) is 5.56 Å². The molecule has 0 fully saturated rings. The van der Waals surface area contributed by atoms with Crippen molar-refractivity contribution in [2.24, 2.45) is 5.84 Å². The third-order valence-corrected chi connectivity index (χ3v) is 4.19. The lowest BCUT2D eigenvalue weighted by atomic mass is 9.98. The van der Waals surface area contributed by atoms with Crippen LogP contribution in [0.4, 0.5) is 13.2 Å². The Morgan fingerprint density at radius 1 is 1.19 bits per heavy atom. The maximum atomic E-state index is 12.9. The molecule has 0 radical (unpaired) electrons. The standard InChI is InChI=1S/C15H22BrF3N2/c1-2-3-4-5-6-7-14(21-20)11-8-9-13(16)12(10-11)15(17,18)19/h8-10,14,21H,2-7,20H2,1H3.